The van der Waals surface area contributed by atoms with Crippen molar-refractivity contribution in [1.29, 1.82) is 0 Å². The highest BCUT2D eigenvalue weighted by Gasteiger charge is 2.48. The van der Waals surface area contributed by atoms with E-state index in [9.17, 15) is 14.7 Å². The smallest absolute Gasteiger partial charge is 0.295 e. The maximum absolute atomic E-state index is 13.1. The van der Waals surface area contributed by atoms with Gasteiger partial charge < -0.3 is 14.7 Å². The van der Waals surface area contributed by atoms with Crippen LogP contribution in [-0.2, 0) is 9.59 Å². The first-order valence-corrected chi connectivity index (χ1v) is 10.9. The second-order valence-corrected chi connectivity index (χ2v) is 8.48. The Labute approximate surface area is 182 Å². The lowest BCUT2D eigenvalue weighted by atomic mass is 9.91. The van der Waals surface area contributed by atoms with E-state index in [-0.39, 0.29) is 23.5 Å². The highest BCUT2D eigenvalue weighted by Crippen LogP contribution is 2.42. The molecule has 6 nitrogen and oxygen atoms in total. The SMILES string of the molecule is CC(C)Oc1ccc(/C(O)=C2/C(=O)C(=O)N(C3CCCCC3)C2c2cccnc2)cc1. The molecule has 2 fully saturated rings. The van der Waals surface area contributed by atoms with Crippen molar-refractivity contribution in [3.63, 3.8) is 0 Å². The molecule has 0 spiro atoms. The van der Waals surface area contributed by atoms with E-state index in [1.54, 1.807) is 47.6 Å². The zero-order chi connectivity index (χ0) is 22.0. The van der Waals surface area contributed by atoms with Crippen molar-refractivity contribution in [3.05, 3.63) is 65.5 Å². The van der Waals surface area contributed by atoms with Gasteiger partial charge in [0.1, 0.15) is 11.5 Å². The van der Waals surface area contributed by atoms with Crippen molar-refractivity contribution in [3.8, 4) is 5.75 Å². The van der Waals surface area contributed by atoms with Crippen LogP contribution in [0.3, 0.4) is 0 Å². The first kappa shape index (κ1) is 21.1. The van der Waals surface area contributed by atoms with Gasteiger partial charge in [-0.25, -0.2) is 0 Å². The molecule has 1 unspecified atom stereocenters. The number of ketones is 1. The summed E-state index contributed by atoms with van der Waals surface area (Å²) >= 11 is 0. The molecule has 0 bridgehead atoms. The summed E-state index contributed by atoms with van der Waals surface area (Å²) < 4.78 is 5.66. The number of aliphatic hydroxyl groups is 1. The first-order chi connectivity index (χ1) is 15.0. The van der Waals surface area contributed by atoms with Crippen LogP contribution in [0.4, 0.5) is 0 Å². The third-order valence-electron chi connectivity index (χ3n) is 5.95. The molecule has 1 saturated heterocycles. The van der Waals surface area contributed by atoms with Gasteiger partial charge in [0.15, 0.2) is 0 Å². The summed E-state index contributed by atoms with van der Waals surface area (Å²) in [5, 5.41) is 11.1. The summed E-state index contributed by atoms with van der Waals surface area (Å²) in [6, 6.07) is 9.92. The van der Waals surface area contributed by atoms with Crippen molar-refractivity contribution in [2.24, 2.45) is 0 Å². The number of Topliss-reactive ketones (excluding diaryl/α,β-unsaturated/α-hetero) is 1. The molecule has 0 radical (unpaired) electrons. The predicted octanol–water partition coefficient (Wildman–Crippen LogP) is 4.62. The van der Waals surface area contributed by atoms with Crippen molar-refractivity contribution in [1.82, 2.24) is 9.88 Å². The molecule has 2 heterocycles. The van der Waals surface area contributed by atoms with E-state index in [0.29, 0.717) is 11.3 Å². The number of carbonyl (C=O) groups excluding carboxylic acids is 2. The third kappa shape index (κ3) is 4.20. The van der Waals surface area contributed by atoms with E-state index < -0.39 is 17.7 Å². The number of hydrogen-bond donors (Lipinski definition) is 1. The van der Waals surface area contributed by atoms with Gasteiger partial charge in [0.05, 0.1) is 17.7 Å². The lowest BCUT2D eigenvalue weighted by molar-refractivity contribution is -0.141. The molecule has 1 amide bonds. The van der Waals surface area contributed by atoms with Crippen LogP contribution in [0.2, 0.25) is 0 Å². The van der Waals surface area contributed by atoms with Crippen molar-refractivity contribution in [2.45, 2.75) is 64.1 Å². The number of pyridine rings is 1. The molecular weight excluding hydrogens is 392 g/mol. The number of aliphatic hydroxyl groups excluding tert-OH is 1. The van der Waals surface area contributed by atoms with Gasteiger partial charge in [0.2, 0.25) is 0 Å². The number of carbonyl (C=O) groups is 2. The van der Waals surface area contributed by atoms with Gasteiger partial charge in [0.25, 0.3) is 11.7 Å². The number of aromatic nitrogens is 1. The fourth-order valence-corrected chi connectivity index (χ4v) is 4.57. The average molecular weight is 421 g/mol. The van der Waals surface area contributed by atoms with E-state index in [1.807, 2.05) is 19.9 Å². The zero-order valence-corrected chi connectivity index (χ0v) is 18.0. The number of likely N-dealkylation sites (tertiary alicyclic amines) is 1. The van der Waals surface area contributed by atoms with Gasteiger partial charge in [-0.3, -0.25) is 14.6 Å². The third-order valence-corrected chi connectivity index (χ3v) is 5.95. The van der Waals surface area contributed by atoms with Crippen LogP contribution in [0.1, 0.15) is 63.1 Å². The molecule has 2 aliphatic rings. The lowest BCUT2D eigenvalue weighted by Gasteiger charge is -2.35. The Bertz CT molecular complexity index is 976. The van der Waals surface area contributed by atoms with Gasteiger partial charge in [-0.2, -0.15) is 0 Å². The summed E-state index contributed by atoms with van der Waals surface area (Å²) in [6.07, 6.45) is 8.29. The number of amides is 1. The standard InChI is InChI=1S/C25H28N2O4/c1-16(2)31-20-12-10-17(11-13-20)23(28)21-22(18-7-6-14-26-15-18)27(25(30)24(21)29)19-8-4-3-5-9-19/h6-7,10-16,19,22,28H,3-5,8-9H2,1-2H3/b23-21-. The normalized spacial score (nSPS) is 21.6. The van der Waals surface area contributed by atoms with E-state index in [1.165, 1.54) is 0 Å². The van der Waals surface area contributed by atoms with Crippen LogP contribution in [-0.4, -0.2) is 38.8 Å². The second kappa shape index (κ2) is 8.92. The van der Waals surface area contributed by atoms with Gasteiger partial charge in [0, 0.05) is 24.0 Å². The molecule has 2 aromatic rings. The van der Waals surface area contributed by atoms with Gasteiger partial charge in [-0.05, 0) is 62.6 Å². The molecular formula is C25H28N2O4. The number of ether oxygens (including phenoxy) is 1. The zero-order valence-electron chi connectivity index (χ0n) is 18.0. The van der Waals surface area contributed by atoms with Gasteiger partial charge >= 0.3 is 0 Å². The average Bonchev–Trinajstić information content (AvgIpc) is 3.05. The van der Waals surface area contributed by atoms with Crippen LogP contribution in [0.15, 0.2) is 54.4 Å². The molecule has 1 N–H and O–H groups in total. The van der Waals surface area contributed by atoms with Gasteiger partial charge in [-0.15, -0.1) is 0 Å². The number of hydrogen-bond acceptors (Lipinski definition) is 5. The van der Waals surface area contributed by atoms with Crippen molar-refractivity contribution < 1.29 is 19.4 Å². The molecule has 31 heavy (non-hydrogen) atoms. The Morgan fingerprint density at radius 2 is 1.81 bits per heavy atom. The second-order valence-electron chi connectivity index (χ2n) is 8.48. The highest BCUT2D eigenvalue weighted by molar-refractivity contribution is 6.46. The fourth-order valence-electron chi connectivity index (χ4n) is 4.57. The van der Waals surface area contributed by atoms with Crippen LogP contribution in [0.5, 0.6) is 5.75 Å². The van der Waals surface area contributed by atoms with Crippen LogP contribution < -0.4 is 4.74 Å². The summed E-state index contributed by atoms with van der Waals surface area (Å²) in [6.45, 7) is 3.88. The quantitative estimate of drug-likeness (QED) is 0.434. The Balaban J connectivity index is 1.78. The Kier molecular flexibility index (Phi) is 6.07. The fraction of sp³-hybridized carbons (Fsp3) is 0.400. The Hall–Kier alpha value is -3.15. The molecule has 162 valence electrons. The first-order valence-electron chi connectivity index (χ1n) is 10.9. The summed E-state index contributed by atoms with van der Waals surface area (Å²) in [7, 11) is 0. The monoisotopic (exact) mass is 420 g/mol. The number of benzene rings is 1. The van der Waals surface area contributed by atoms with Gasteiger partial charge in [-0.1, -0.05) is 25.3 Å². The van der Waals surface area contributed by atoms with E-state index in [0.717, 1.165) is 37.7 Å². The van der Waals surface area contributed by atoms with E-state index in [4.69, 9.17) is 4.74 Å². The minimum absolute atomic E-state index is 0.0116. The van der Waals surface area contributed by atoms with Crippen molar-refractivity contribution in [2.75, 3.05) is 0 Å². The molecule has 1 aromatic carbocycles. The molecule has 6 heteroatoms. The molecule has 1 atom stereocenters. The number of nitrogens with zero attached hydrogens (tertiary/aromatic N) is 2. The topological polar surface area (TPSA) is 79.7 Å². The summed E-state index contributed by atoms with van der Waals surface area (Å²) in [5.74, 6) is -0.666. The molecule has 4 rings (SSSR count). The molecule has 1 aromatic heterocycles. The van der Waals surface area contributed by atoms with E-state index >= 15 is 0 Å². The highest BCUT2D eigenvalue weighted by atomic mass is 16.5. The van der Waals surface area contributed by atoms with Crippen LogP contribution >= 0.6 is 0 Å². The minimum atomic E-state index is -0.639. The molecule has 1 aliphatic heterocycles. The summed E-state index contributed by atoms with van der Waals surface area (Å²) in [4.78, 5) is 32.1. The largest absolute Gasteiger partial charge is 0.507 e. The maximum Gasteiger partial charge on any atom is 0.295 e. The molecule has 1 aliphatic carbocycles. The van der Waals surface area contributed by atoms with E-state index in [2.05, 4.69) is 4.98 Å². The van der Waals surface area contributed by atoms with Crippen molar-refractivity contribution >= 4 is 17.4 Å². The van der Waals surface area contributed by atoms with Crippen LogP contribution in [0, 0.1) is 0 Å². The Morgan fingerprint density at radius 3 is 2.42 bits per heavy atom. The number of rotatable bonds is 5. The van der Waals surface area contributed by atoms with Crippen LogP contribution in [0.25, 0.3) is 5.76 Å². The summed E-state index contributed by atoms with van der Waals surface area (Å²) in [5.41, 5.74) is 1.33. The predicted molar refractivity (Wildman–Crippen MR) is 117 cm³/mol. The minimum Gasteiger partial charge on any atom is -0.507 e. The Morgan fingerprint density at radius 1 is 1.10 bits per heavy atom. The lowest BCUT2D eigenvalue weighted by Crippen LogP contribution is -2.40. The maximum atomic E-state index is 13.1. The molecule has 1 saturated carbocycles.